The number of benzene rings is 1. The molecule has 2 heterocycles. The normalized spacial score (nSPS) is 18.8. The Bertz CT molecular complexity index is 768. The Morgan fingerprint density at radius 2 is 2.08 bits per heavy atom. The number of hydrogen-bond donors (Lipinski definition) is 3. The van der Waals surface area contributed by atoms with E-state index in [1.54, 1.807) is 7.11 Å². The molecular weight excluding hydrogens is 354 g/mol. The number of hydrogen-bond acceptors (Lipinski definition) is 5. The number of rotatable bonds is 5. The molecule has 1 saturated carbocycles. The van der Waals surface area contributed by atoms with E-state index in [-0.39, 0.29) is 18.3 Å². The van der Waals surface area contributed by atoms with Crippen LogP contribution in [0.1, 0.15) is 37.4 Å². The number of ether oxygens (including phenoxy) is 1. The lowest BCUT2D eigenvalue weighted by Crippen LogP contribution is -2.51. The van der Waals surface area contributed by atoms with Crippen LogP contribution in [0.4, 0.5) is 5.69 Å². The van der Waals surface area contributed by atoms with Gasteiger partial charge in [0, 0.05) is 24.3 Å². The second-order valence-corrected chi connectivity index (χ2v) is 6.80. The molecule has 0 spiro atoms. The van der Waals surface area contributed by atoms with Crippen LogP contribution < -0.4 is 10.6 Å². The second-order valence-electron chi connectivity index (χ2n) is 6.80. The van der Waals surface area contributed by atoms with Gasteiger partial charge in [0.05, 0.1) is 0 Å². The number of nitrogens with one attached hydrogen (secondary N) is 3. The van der Waals surface area contributed by atoms with Crippen molar-refractivity contribution in [1.82, 2.24) is 20.5 Å². The maximum atomic E-state index is 12.8. The monoisotopic (exact) mass is 377 g/mol. The SMILES string of the molecule is COC1(C(=O)Nc2cccc(-c3n[nH]c(C4CC4)n3)c2)CCNCC1.Cl. The Morgan fingerprint density at radius 1 is 1.31 bits per heavy atom. The summed E-state index contributed by atoms with van der Waals surface area (Å²) in [5.41, 5.74) is 0.860. The molecular formula is C18H24ClN5O2. The van der Waals surface area contributed by atoms with Crippen LogP contribution in [0, 0.1) is 0 Å². The maximum Gasteiger partial charge on any atom is 0.256 e. The number of carbonyl (C=O) groups is 1. The van der Waals surface area contributed by atoms with E-state index < -0.39 is 5.60 Å². The van der Waals surface area contributed by atoms with Crippen molar-refractivity contribution in [2.75, 3.05) is 25.5 Å². The van der Waals surface area contributed by atoms with Gasteiger partial charge in [-0.1, -0.05) is 12.1 Å². The lowest BCUT2D eigenvalue weighted by Gasteiger charge is -2.34. The van der Waals surface area contributed by atoms with Gasteiger partial charge in [-0.05, 0) is 50.9 Å². The summed E-state index contributed by atoms with van der Waals surface area (Å²) in [6.45, 7) is 1.56. The number of amides is 1. The average molecular weight is 378 g/mol. The number of piperidine rings is 1. The van der Waals surface area contributed by atoms with Crippen molar-refractivity contribution in [2.45, 2.75) is 37.2 Å². The predicted octanol–water partition coefficient (Wildman–Crippen LogP) is 2.48. The second kappa shape index (κ2) is 7.73. The van der Waals surface area contributed by atoms with Crippen molar-refractivity contribution < 1.29 is 9.53 Å². The van der Waals surface area contributed by atoms with Crippen LogP contribution in [-0.4, -0.2) is 46.9 Å². The molecule has 1 aromatic heterocycles. The molecule has 2 fully saturated rings. The zero-order chi connectivity index (χ0) is 17.3. The number of methoxy groups -OCH3 is 1. The van der Waals surface area contributed by atoms with Crippen LogP contribution in [0.25, 0.3) is 11.4 Å². The summed E-state index contributed by atoms with van der Waals surface area (Å²) in [6.07, 6.45) is 3.69. The van der Waals surface area contributed by atoms with Gasteiger partial charge in [-0.15, -0.1) is 12.4 Å². The first-order chi connectivity index (χ1) is 12.2. The van der Waals surface area contributed by atoms with E-state index in [9.17, 15) is 4.79 Å². The molecule has 0 atom stereocenters. The highest BCUT2D eigenvalue weighted by molar-refractivity contribution is 5.97. The van der Waals surface area contributed by atoms with Crippen molar-refractivity contribution >= 4 is 24.0 Å². The van der Waals surface area contributed by atoms with Crippen LogP contribution in [-0.2, 0) is 9.53 Å². The van der Waals surface area contributed by atoms with E-state index in [1.807, 2.05) is 24.3 Å². The van der Waals surface area contributed by atoms with Gasteiger partial charge >= 0.3 is 0 Å². The molecule has 0 radical (unpaired) electrons. The van der Waals surface area contributed by atoms with Gasteiger partial charge < -0.3 is 15.4 Å². The Labute approximate surface area is 158 Å². The molecule has 1 aliphatic carbocycles. The van der Waals surface area contributed by atoms with Crippen LogP contribution in [0.5, 0.6) is 0 Å². The summed E-state index contributed by atoms with van der Waals surface area (Å²) >= 11 is 0. The molecule has 8 heteroatoms. The molecule has 3 N–H and O–H groups in total. The van der Waals surface area contributed by atoms with E-state index in [0.29, 0.717) is 24.6 Å². The third-order valence-electron chi connectivity index (χ3n) is 5.06. The fourth-order valence-corrected chi connectivity index (χ4v) is 3.28. The topological polar surface area (TPSA) is 91.9 Å². The highest BCUT2D eigenvalue weighted by Gasteiger charge is 2.39. The van der Waals surface area contributed by atoms with E-state index in [1.165, 1.54) is 12.8 Å². The molecule has 0 bridgehead atoms. The molecule has 1 saturated heterocycles. The highest BCUT2D eigenvalue weighted by atomic mass is 35.5. The Kier molecular flexibility index (Phi) is 5.60. The summed E-state index contributed by atoms with van der Waals surface area (Å²) in [7, 11) is 1.61. The van der Waals surface area contributed by atoms with E-state index in [4.69, 9.17) is 4.74 Å². The largest absolute Gasteiger partial charge is 0.368 e. The summed E-state index contributed by atoms with van der Waals surface area (Å²) in [4.78, 5) is 17.3. The Hall–Kier alpha value is -1.96. The third-order valence-corrected chi connectivity index (χ3v) is 5.06. The quantitative estimate of drug-likeness (QED) is 0.744. The summed E-state index contributed by atoms with van der Waals surface area (Å²) in [6, 6.07) is 7.63. The number of anilines is 1. The lowest BCUT2D eigenvalue weighted by molar-refractivity contribution is -0.140. The number of H-pyrrole nitrogens is 1. The van der Waals surface area contributed by atoms with E-state index in [0.717, 1.165) is 30.2 Å². The average Bonchev–Trinajstić information content (AvgIpc) is 3.39. The van der Waals surface area contributed by atoms with Gasteiger partial charge in [0.25, 0.3) is 5.91 Å². The summed E-state index contributed by atoms with van der Waals surface area (Å²) < 4.78 is 5.58. The lowest BCUT2D eigenvalue weighted by atomic mass is 9.91. The summed E-state index contributed by atoms with van der Waals surface area (Å²) in [5.74, 6) is 2.06. The first-order valence-electron chi connectivity index (χ1n) is 8.80. The molecule has 2 aliphatic rings. The molecule has 26 heavy (non-hydrogen) atoms. The molecule has 2 aromatic rings. The third kappa shape index (κ3) is 3.75. The minimum Gasteiger partial charge on any atom is -0.368 e. The van der Waals surface area contributed by atoms with Crippen molar-refractivity contribution in [1.29, 1.82) is 0 Å². The Morgan fingerprint density at radius 3 is 2.77 bits per heavy atom. The molecule has 4 rings (SSSR count). The number of carbonyl (C=O) groups excluding carboxylic acids is 1. The molecule has 1 amide bonds. The molecule has 1 aliphatic heterocycles. The van der Waals surface area contributed by atoms with E-state index in [2.05, 4.69) is 25.8 Å². The van der Waals surface area contributed by atoms with E-state index >= 15 is 0 Å². The fraction of sp³-hybridized carbons (Fsp3) is 0.500. The molecule has 0 unspecified atom stereocenters. The van der Waals surface area contributed by atoms with Crippen molar-refractivity contribution in [2.24, 2.45) is 0 Å². The minimum atomic E-state index is -0.759. The van der Waals surface area contributed by atoms with Gasteiger partial charge in [-0.25, -0.2) is 4.98 Å². The smallest absolute Gasteiger partial charge is 0.256 e. The fourth-order valence-electron chi connectivity index (χ4n) is 3.28. The number of aromatic nitrogens is 3. The number of halogens is 1. The van der Waals surface area contributed by atoms with Crippen molar-refractivity contribution in [3.8, 4) is 11.4 Å². The van der Waals surface area contributed by atoms with Gasteiger partial charge in [0.1, 0.15) is 11.4 Å². The number of aromatic amines is 1. The molecule has 1 aromatic carbocycles. The first kappa shape index (κ1) is 18.8. The first-order valence-corrected chi connectivity index (χ1v) is 8.80. The van der Waals surface area contributed by atoms with Crippen LogP contribution in [0.3, 0.4) is 0 Å². The highest BCUT2D eigenvalue weighted by Crippen LogP contribution is 2.38. The molecule has 140 valence electrons. The van der Waals surface area contributed by atoms with Crippen LogP contribution in [0.2, 0.25) is 0 Å². The van der Waals surface area contributed by atoms with Crippen LogP contribution in [0.15, 0.2) is 24.3 Å². The standard InChI is InChI=1S/C18H23N5O2.ClH/c1-25-18(7-9-19-10-8-18)17(24)20-14-4-2-3-13(11-14)16-21-15(22-23-16)12-5-6-12;/h2-4,11-12,19H,5-10H2,1H3,(H,20,24)(H,21,22,23);1H. The zero-order valence-electron chi connectivity index (χ0n) is 14.7. The minimum absolute atomic E-state index is 0. The molecule has 7 nitrogen and oxygen atoms in total. The van der Waals surface area contributed by atoms with Gasteiger partial charge in [0.15, 0.2) is 5.82 Å². The van der Waals surface area contributed by atoms with Gasteiger partial charge in [0.2, 0.25) is 0 Å². The van der Waals surface area contributed by atoms with Crippen molar-refractivity contribution in [3.63, 3.8) is 0 Å². The van der Waals surface area contributed by atoms with Crippen LogP contribution >= 0.6 is 12.4 Å². The zero-order valence-corrected chi connectivity index (χ0v) is 15.6. The van der Waals surface area contributed by atoms with Gasteiger partial charge in [-0.3, -0.25) is 9.89 Å². The number of nitrogens with zero attached hydrogens (tertiary/aromatic N) is 2. The maximum absolute atomic E-state index is 12.8. The van der Waals surface area contributed by atoms with Gasteiger partial charge in [-0.2, -0.15) is 5.10 Å². The summed E-state index contributed by atoms with van der Waals surface area (Å²) in [5, 5.41) is 13.6. The van der Waals surface area contributed by atoms with Crippen molar-refractivity contribution in [3.05, 3.63) is 30.1 Å². The predicted molar refractivity (Wildman–Crippen MR) is 102 cm³/mol. The Balaban J connectivity index is 0.00000196.